The summed E-state index contributed by atoms with van der Waals surface area (Å²) in [6, 6.07) is 14.5. The molecule has 0 aliphatic carbocycles. The molecule has 1 N–H and O–H groups in total. The highest BCUT2D eigenvalue weighted by Crippen LogP contribution is 2.28. The van der Waals surface area contributed by atoms with Gasteiger partial charge in [-0.2, -0.15) is 4.98 Å². The zero-order valence-electron chi connectivity index (χ0n) is 17.2. The first-order valence-electron chi connectivity index (χ1n) is 9.51. The highest BCUT2D eigenvalue weighted by Gasteiger charge is 2.14. The third-order valence-electron chi connectivity index (χ3n) is 4.63. The molecule has 9 heteroatoms. The van der Waals surface area contributed by atoms with Gasteiger partial charge in [-0.25, -0.2) is 9.50 Å². The van der Waals surface area contributed by atoms with Crippen LogP contribution in [0.1, 0.15) is 27.3 Å². The fraction of sp³-hybridized carbons (Fsp3) is 0.182. The van der Waals surface area contributed by atoms with E-state index in [0.717, 1.165) is 17.0 Å². The summed E-state index contributed by atoms with van der Waals surface area (Å²) in [5.41, 5.74) is 3.92. The Labute approximate surface area is 188 Å². The van der Waals surface area contributed by atoms with Crippen molar-refractivity contribution in [3.05, 3.63) is 76.1 Å². The largest absolute Gasteiger partial charge is 0.495 e. The van der Waals surface area contributed by atoms with Crippen LogP contribution in [-0.2, 0) is 5.75 Å². The first kappa shape index (κ1) is 21.1. The maximum atomic E-state index is 12.9. The molecule has 0 aliphatic heterocycles. The summed E-state index contributed by atoms with van der Waals surface area (Å²) in [7, 11) is 1.55. The number of hydrogen-bond acceptors (Lipinski definition) is 6. The number of methoxy groups -OCH3 is 1. The average Bonchev–Trinajstić information content (AvgIpc) is 3.16. The van der Waals surface area contributed by atoms with Gasteiger partial charge < -0.3 is 10.1 Å². The molecule has 2 heterocycles. The molecule has 0 unspecified atom stereocenters. The minimum absolute atomic E-state index is 0.214. The van der Waals surface area contributed by atoms with Gasteiger partial charge in [0.2, 0.25) is 5.16 Å². The molecular formula is C22H20ClN5O2S. The molecule has 31 heavy (non-hydrogen) atoms. The number of halogens is 1. The molecular weight excluding hydrogens is 434 g/mol. The Morgan fingerprint density at radius 1 is 1.16 bits per heavy atom. The third kappa shape index (κ3) is 4.65. The molecule has 1 amide bonds. The number of fused-ring (bicyclic) bond motifs is 1. The molecule has 0 aliphatic rings. The maximum absolute atomic E-state index is 12.9. The molecule has 4 rings (SSSR count). The van der Waals surface area contributed by atoms with Gasteiger partial charge >= 0.3 is 0 Å². The number of nitrogens with zero attached hydrogens (tertiary/aromatic N) is 4. The number of nitrogens with one attached hydrogen (secondary N) is 1. The summed E-state index contributed by atoms with van der Waals surface area (Å²) in [6.45, 7) is 3.90. The number of anilines is 1. The van der Waals surface area contributed by atoms with Crippen LogP contribution in [0.5, 0.6) is 5.75 Å². The predicted octanol–water partition coefficient (Wildman–Crippen LogP) is 4.95. The van der Waals surface area contributed by atoms with Crippen LogP contribution in [0.25, 0.3) is 5.78 Å². The summed E-state index contributed by atoms with van der Waals surface area (Å²) in [6.07, 6.45) is 0. The van der Waals surface area contributed by atoms with Crippen LogP contribution in [-0.4, -0.2) is 32.6 Å². The number of aromatic nitrogens is 4. The van der Waals surface area contributed by atoms with Gasteiger partial charge in [0.05, 0.1) is 12.1 Å². The third-order valence-corrected chi connectivity index (χ3v) is 5.81. The highest BCUT2D eigenvalue weighted by molar-refractivity contribution is 7.98. The van der Waals surface area contributed by atoms with E-state index in [1.54, 1.807) is 35.9 Å². The number of benzene rings is 2. The Kier molecular flexibility index (Phi) is 6.11. The molecule has 0 bridgehead atoms. The van der Waals surface area contributed by atoms with Crippen LogP contribution in [0, 0.1) is 13.8 Å². The Bertz CT molecular complexity index is 1270. The Balaban J connectivity index is 1.51. The number of amides is 1. The summed E-state index contributed by atoms with van der Waals surface area (Å²) < 4.78 is 6.88. The standard InChI is InChI=1S/C22H20ClN5O2S/c1-13-10-14(2)28-21(24-13)26-22(27-28)31-12-15-6-4-5-7-17(15)20(29)25-16-8-9-19(30-3)18(23)11-16/h4-11H,12H2,1-3H3,(H,25,29). The summed E-state index contributed by atoms with van der Waals surface area (Å²) in [5, 5.41) is 8.45. The van der Waals surface area contributed by atoms with E-state index in [2.05, 4.69) is 20.4 Å². The zero-order chi connectivity index (χ0) is 22.0. The molecule has 0 radical (unpaired) electrons. The van der Waals surface area contributed by atoms with Crippen LogP contribution in [0.3, 0.4) is 0 Å². The Hall–Kier alpha value is -3.10. The average molecular weight is 454 g/mol. The Morgan fingerprint density at radius 3 is 2.74 bits per heavy atom. The van der Waals surface area contributed by atoms with Crippen LogP contribution in [0.15, 0.2) is 53.7 Å². The van der Waals surface area contributed by atoms with E-state index in [0.29, 0.717) is 38.7 Å². The van der Waals surface area contributed by atoms with Crippen molar-refractivity contribution in [1.82, 2.24) is 19.6 Å². The maximum Gasteiger partial charge on any atom is 0.255 e. The second kappa shape index (κ2) is 8.95. The van der Waals surface area contributed by atoms with E-state index in [1.165, 1.54) is 11.8 Å². The molecule has 158 valence electrons. The number of aryl methyl sites for hydroxylation is 2. The lowest BCUT2D eigenvalue weighted by molar-refractivity contribution is 0.102. The van der Waals surface area contributed by atoms with E-state index >= 15 is 0 Å². The number of carbonyl (C=O) groups excluding carboxylic acids is 1. The minimum Gasteiger partial charge on any atom is -0.495 e. The zero-order valence-corrected chi connectivity index (χ0v) is 18.8. The van der Waals surface area contributed by atoms with Crippen molar-refractivity contribution in [3.63, 3.8) is 0 Å². The SMILES string of the molecule is COc1ccc(NC(=O)c2ccccc2CSc2nc3nc(C)cc(C)n3n2)cc1Cl. The molecule has 0 atom stereocenters. The van der Waals surface area contributed by atoms with E-state index in [-0.39, 0.29) is 5.91 Å². The van der Waals surface area contributed by atoms with Crippen LogP contribution in [0.4, 0.5) is 5.69 Å². The van der Waals surface area contributed by atoms with Gasteiger partial charge in [0.15, 0.2) is 0 Å². The van der Waals surface area contributed by atoms with Gasteiger partial charge in [0.1, 0.15) is 5.75 Å². The van der Waals surface area contributed by atoms with Crippen molar-refractivity contribution in [1.29, 1.82) is 0 Å². The quantitative estimate of drug-likeness (QED) is 0.416. The lowest BCUT2D eigenvalue weighted by Crippen LogP contribution is -2.14. The van der Waals surface area contributed by atoms with Gasteiger partial charge in [-0.05, 0) is 49.7 Å². The number of carbonyl (C=O) groups is 1. The van der Waals surface area contributed by atoms with Crippen molar-refractivity contribution < 1.29 is 9.53 Å². The van der Waals surface area contributed by atoms with E-state index in [1.807, 2.05) is 38.1 Å². The number of rotatable bonds is 6. The highest BCUT2D eigenvalue weighted by atomic mass is 35.5. The molecule has 7 nitrogen and oxygen atoms in total. The van der Waals surface area contributed by atoms with Crippen LogP contribution in [0.2, 0.25) is 5.02 Å². The van der Waals surface area contributed by atoms with Crippen LogP contribution >= 0.6 is 23.4 Å². The van der Waals surface area contributed by atoms with E-state index < -0.39 is 0 Å². The van der Waals surface area contributed by atoms with Gasteiger partial charge in [-0.1, -0.05) is 41.6 Å². The smallest absolute Gasteiger partial charge is 0.255 e. The van der Waals surface area contributed by atoms with Gasteiger partial charge in [-0.15, -0.1) is 5.10 Å². The molecule has 2 aromatic carbocycles. The number of thioether (sulfide) groups is 1. The normalized spacial score (nSPS) is 11.0. The van der Waals surface area contributed by atoms with Gasteiger partial charge in [0, 0.05) is 28.4 Å². The number of hydrogen-bond donors (Lipinski definition) is 1. The lowest BCUT2D eigenvalue weighted by Gasteiger charge is -2.11. The Morgan fingerprint density at radius 2 is 1.97 bits per heavy atom. The summed E-state index contributed by atoms with van der Waals surface area (Å²) >= 11 is 7.62. The lowest BCUT2D eigenvalue weighted by atomic mass is 10.1. The second-order valence-electron chi connectivity index (χ2n) is 6.89. The van der Waals surface area contributed by atoms with E-state index in [9.17, 15) is 4.79 Å². The molecule has 4 aromatic rings. The van der Waals surface area contributed by atoms with Crippen molar-refractivity contribution in [2.75, 3.05) is 12.4 Å². The monoisotopic (exact) mass is 453 g/mol. The van der Waals surface area contributed by atoms with Crippen molar-refractivity contribution >= 4 is 40.7 Å². The van der Waals surface area contributed by atoms with Gasteiger partial charge in [-0.3, -0.25) is 4.79 Å². The van der Waals surface area contributed by atoms with Crippen LogP contribution < -0.4 is 10.1 Å². The fourth-order valence-electron chi connectivity index (χ4n) is 3.16. The van der Waals surface area contributed by atoms with Crippen molar-refractivity contribution in [2.24, 2.45) is 0 Å². The topological polar surface area (TPSA) is 81.4 Å². The van der Waals surface area contributed by atoms with Gasteiger partial charge in [0.25, 0.3) is 11.7 Å². The van der Waals surface area contributed by atoms with E-state index in [4.69, 9.17) is 16.3 Å². The fourth-order valence-corrected chi connectivity index (χ4v) is 4.24. The molecule has 2 aromatic heterocycles. The second-order valence-corrected chi connectivity index (χ2v) is 8.24. The summed E-state index contributed by atoms with van der Waals surface area (Å²) in [4.78, 5) is 21.8. The number of ether oxygens (including phenoxy) is 1. The predicted molar refractivity (Wildman–Crippen MR) is 122 cm³/mol. The molecule has 0 spiro atoms. The van der Waals surface area contributed by atoms with Crippen molar-refractivity contribution in [2.45, 2.75) is 24.8 Å². The van der Waals surface area contributed by atoms with Crippen molar-refractivity contribution in [3.8, 4) is 5.75 Å². The first-order valence-corrected chi connectivity index (χ1v) is 10.9. The molecule has 0 saturated heterocycles. The summed E-state index contributed by atoms with van der Waals surface area (Å²) in [5.74, 6) is 1.45. The molecule has 0 saturated carbocycles. The minimum atomic E-state index is -0.214. The molecule has 0 fully saturated rings. The first-order chi connectivity index (χ1) is 14.9.